The average molecular weight is 253 g/mol. The van der Waals surface area contributed by atoms with Crippen molar-refractivity contribution in [3.63, 3.8) is 0 Å². The summed E-state index contributed by atoms with van der Waals surface area (Å²) < 4.78 is 0. The zero-order chi connectivity index (χ0) is 12.3. The molecule has 0 saturated carbocycles. The van der Waals surface area contributed by atoms with Gasteiger partial charge in [-0.25, -0.2) is 14.8 Å². The van der Waals surface area contributed by atoms with Crippen LogP contribution >= 0.6 is 11.8 Å². The molecular weight excluding hydrogens is 238 g/mol. The molecule has 92 valence electrons. The Morgan fingerprint density at radius 2 is 2.53 bits per heavy atom. The van der Waals surface area contributed by atoms with Gasteiger partial charge in [0.15, 0.2) is 0 Å². The smallest absolute Gasteiger partial charge is 0.339 e. The number of rotatable bonds is 3. The Balaban J connectivity index is 2.10. The molecule has 5 nitrogen and oxygen atoms in total. The number of carboxylic acids is 1. The van der Waals surface area contributed by atoms with E-state index in [1.807, 2.05) is 11.8 Å². The molecule has 1 aromatic rings. The van der Waals surface area contributed by atoms with Crippen LogP contribution in [-0.4, -0.2) is 50.0 Å². The quantitative estimate of drug-likeness (QED) is 0.870. The Kier molecular flexibility index (Phi) is 3.96. The number of aromatic nitrogens is 2. The molecule has 1 atom stereocenters. The minimum atomic E-state index is -0.958. The highest BCUT2D eigenvalue weighted by Crippen LogP contribution is 2.19. The third kappa shape index (κ3) is 3.17. The van der Waals surface area contributed by atoms with Crippen molar-refractivity contribution in [1.29, 1.82) is 0 Å². The fourth-order valence-corrected chi connectivity index (χ4v) is 2.99. The van der Waals surface area contributed by atoms with Gasteiger partial charge in [0.2, 0.25) is 0 Å². The van der Waals surface area contributed by atoms with Crippen molar-refractivity contribution < 1.29 is 9.90 Å². The number of carbonyl (C=O) groups is 1. The number of thioether (sulfide) groups is 1. The van der Waals surface area contributed by atoms with E-state index in [0.717, 1.165) is 18.8 Å². The number of carboxylic acid groups (broad SMARTS) is 1. The molecule has 0 spiro atoms. The molecule has 0 bridgehead atoms. The largest absolute Gasteiger partial charge is 0.478 e. The minimum absolute atomic E-state index is 0.207. The Bertz CT molecular complexity index is 413. The highest BCUT2D eigenvalue weighted by Gasteiger charge is 2.19. The molecule has 0 aromatic carbocycles. The molecule has 6 heteroatoms. The van der Waals surface area contributed by atoms with Gasteiger partial charge in [0.25, 0.3) is 0 Å². The number of nitrogens with zero attached hydrogens (tertiary/aromatic N) is 3. The fraction of sp³-hybridized carbons (Fsp3) is 0.545. The van der Waals surface area contributed by atoms with Crippen molar-refractivity contribution in [2.45, 2.75) is 18.7 Å². The van der Waals surface area contributed by atoms with Crippen molar-refractivity contribution >= 4 is 17.7 Å². The van der Waals surface area contributed by atoms with Crippen molar-refractivity contribution in [2.24, 2.45) is 0 Å². The summed E-state index contributed by atoms with van der Waals surface area (Å²) in [5.74, 6) is 0.134. The third-order valence-electron chi connectivity index (χ3n) is 2.72. The number of aromatic carboxylic acids is 1. The van der Waals surface area contributed by atoms with Crippen LogP contribution in [0.5, 0.6) is 0 Å². The molecule has 2 heterocycles. The predicted octanol–water partition coefficient (Wildman–Crippen LogP) is 1.11. The molecule has 0 aliphatic carbocycles. The standard InChI is InChI=1S/C11H15N3O2S/c1-8-5-14(2-3-17-8)6-10-9(11(15)16)4-12-7-13-10/h4,7-8H,2-3,5-6H2,1H3,(H,15,16). The lowest BCUT2D eigenvalue weighted by molar-refractivity contribution is 0.0693. The van der Waals surface area contributed by atoms with Gasteiger partial charge in [-0.3, -0.25) is 4.90 Å². The van der Waals surface area contributed by atoms with Gasteiger partial charge in [-0.1, -0.05) is 6.92 Å². The Hall–Kier alpha value is -1.14. The van der Waals surface area contributed by atoms with Gasteiger partial charge in [0.1, 0.15) is 11.9 Å². The Morgan fingerprint density at radius 1 is 1.71 bits per heavy atom. The van der Waals surface area contributed by atoms with Gasteiger partial charge in [-0.15, -0.1) is 0 Å². The van der Waals surface area contributed by atoms with Crippen LogP contribution in [0.15, 0.2) is 12.5 Å². The normalized spacial score (nSPS) is 21.4. The zero-order valence-electron chi connectivity index (χ0n) is 9.67. The van der Waals surface area contributed by atoms with E-state index in [4.69, 9.17) is 5.11 Å². The van der Waals surface area contributed by atoms with Gasteiger partial charge in [0, 0.05) is 36.8 Å². The van der Waals surface area contributed by atoms with Crippen LogP contribution in [0, 0.1) is 0 Å². The molecular formula is C11H15N3O2S. The molecule has 1 aromatic heterocycles. The second kappa shape index (κ2) is 5.46. The summed E-state index contributed by atoms with van der Waals surface area (Å²) in [6.45, 7) is 4.75. The monoisotopic (exact) mass is 253 g/mol. The topological polar surface area (TPSA) is 66.3 Å². The van der Waals surface area contributed by atoms with Gasteiger partial charge in [0.05, 0.1) is 5.69 Å². The lowest BCUT2D eigenvalue weighted by atomic mass is 10.2. The highest BCUT2D eigenvalue weighted by atomic mass is 32.2. The molecule has 1 aliphatic heterocycles. The summed E-state index contributed by atoms with van der Waals surface area (Å²) in [5.41, 5.74) is 0.810. The molecule has 1 N–H and O–H groups in total. The summed E-state index contributed by atoms with van der Waals surface area (Å²) in [4.78, 5) is 21.1. The summed E-state index contributed by atoms with van der Waals surface area (Å²) in [5, 5.41) is 9.64. The van der Waals surface area contributed by atoms with Crippen molar-refractivity contribution in [3.05, 3.63) is 23.8 Å². The summed E-state index contributed by atoms with van der Waals surface area (Å²) in [7, 11) is 0. The zero-order valence-corrected chi connectivity index (χ0v) is 10.5. The van der Waals surface area contributed by atoms with Crippen LogP contribution in [0.2, 0.25) is 0 Å². The van der Waals surface area contributed by atoms with Crippen LogP contribution < -0.4 is 0 Å². The van der Waals surface area contributed by atoms with Crippen molar-refractivity contribution in [3.8, 4) is 0 Å². The molecule has 1 saturated heterocycles. The van der Waals surface area contributed by atoms with E-state index in [9.17, 15) is 4.79 Å². The SMILES string of the molecule is CC1CN(Cc2ncncc2C(=O)O)CCS1. The minimum Gasteiger partial charge on any atom is -0.478 e. The van der Waals surface area contributed by atoms with E-state index < -0.39 is 5.97 Å². The molecule has 1 aliphatic rings. The third-order valence-corrected chi connectivity index (χ3v) is 3.86. The highest BCUT2D eigenvalue weighted by molar-refractivity contribution is 7.99. The molecule has 2 rings (SSSR count). The second-order valence-electron chi connectivity index (χ2n) is 4.10. The maximum Gasteiger partial charge on any atom is 0.339 e. The van der Waals surface area contributed by atoms with Gasteiger partial charge >= 0.3 is 5.97 Å². The maximum absolute atomic E-state index is 11.0. The van der Waals surface area contributed by atoms with Crippen LogP contribution in [0.3, 0.4) is 0 Å². The lowest BCUT2D eigenvalue weighted by Crippen LogP contribution is -2.36. The van der Waals surface area contributed by atoms with E-state index in [1.165, 1.54) is 12.5 Å². The first-order chi connectivity index (χ1) is 8.16. The van der Waals surface area contributed by atoms with Crippen LogP contribution in [0.4, 0.5) is 0 Å². The fourth-order valence-electron chi connectivity index (χ4n) is 1.91. The molecule has 1 fully saturated rings. The maximum atomic E-state index is 11.0. The first-order valence-corrected chi connectivity index (χ1v) is 6.58. The van der Waals surface area contributed by atoms with Crippen LogP contribution in [-0.2, 0) is 6.54 Å². The molecule has 0 radical (unpaired) electrons. The van der Waals surface area contributed by atoms with E-state index in [1.54, 1.807) is 0 Å². The van der Waals surface area contributed by atoms with E-state index in [0.29, 0.717) is 17.5 Å². The van der Waals surface area contributed by atoms with E-state index in [-0.39, 0.29) is 5.56 Å². The van der Waals surface area contributed by atoms with Crippen LogP contribution in [0.25, 0.3) is 0 Å². The average Bonchev–Trinajstić information content (AvgIpc) is 2.29. The van der Waals surface area contributed by atoms with Crippen molar-refractivity contribution in [1.82, 2.24) is 14.9 Å². The Morgan fingerprint density at radius 3 is 3.24 bits per heavy atom. The van der Waals surface area contributed by atoms with E-state index in [2.05, 4.69) is 21.8 Å². The summed E-state index contributed by atoms with van der Waals surface area (Å²) >= 11 is 1.95. The molecule has 17 heavy (non-hydrogen) atoms. The van der Waals surface area contributed by atoms with Gasteiger partial charge < -0.3 is 5.11 Å². The first-order valence-electron chi connectivity index (χ1n) is 5.53. The van der Waals surface area contributed by atoms with Gasteiger partial charge in [-0.05, 0) is 0 Å². The number of hydrogen-bond acceptors (Lipinski definition) is 5. The summed E-state index contributed by atoms with van der Waals surface area (Å²) in [6.07, 6.45) is 2.77. The summed E-state index contributed by atoms with van der Waals surface area (Å²) in [6, 6.07) is 0. The Labute approximate surface area is 104 Å². The van der Waals surface area contributed by atoms with Crippen molar-refractivity contribution in [2.75, 3.05) is 18.8 Å². The second-order valence-corrected chi connectivity index (χ2v) is 5.65. The van der Waals surface area contributed by atoms with Gasteiger partial charge in [-0.2, -0.15) is 11.8 Å². The van der Waals surface area contributed by atoms with Crippen LogP contribution in [0.1, 0.15) is 23.0 Å². The predicted molar refractivity (Wildman–Crippen MR) is 66.2 cm³/mol. The molecule has 0 amide bonds. The molecule has 1 unspecified atom stereocenters. The van der Waals surface area contributed by atoms with E-state index >= 15 is 0 Å². The number of hydrogen-bond donors (Lipinski definition) is 1. The lowest BCUT2D eigenvalue weighted by Gasteiger charge is -2.30. The first kappa shape index (κ1) is 12.3.